The highest BCUT2D eigenvalue weighted by Gasteiger charge is 2.26. The lowest BCUT2D eigenvalue weighted by molar-refractivity contribution is -0.137. The summed E-state index contributed by atoms with van der Waals surface area (Å²) in [5.74, 6) is -0.954. The fourth-order valence-electron chi connectivity index (χ4n) is 2.90. The van der Waals surface area contributed by atoms with Gasteiger partial charge in [0.1, 0.15) is 0 Å². The van der Waals surface area contributed by atoms with E-state index < -0.39 is 12.6 Å². The summed E-state index contributed by atoms with van der Waals surface area (Å²) in [6, 6.07) is 2.86. The zero-order valence-corrected chi connectivity index (χ0v) is 17.0. The van der Waals surface area contributed by atoms with Crippen LogP contribution in [0.5, 0.6) is 11.5 Å². The van der Waals surface area contributed by atoms with Gasteiger partial charge in [0.2, 0.25) is 5.91 Å². The van der Waals surface area contributed by atoms with Gasteiger partial charge in [0, 0.05) is 19.0 Å². The summed E-state index contributed by atoms with van der Waals surface area (Å²) in [4.78, 5) is 37.3. The molecule has 1 heterocycles. The maximum atomic E-state index is 12.3. The number of methoxy groups -OCH3 is 1. The first kappa shape index (κ1) is 21.8. The predicted octanol–water partition coefficient (Wildman–Crippen LogP) is 2.02. The van der Waals surface area contributed by atoms with E-state index in [2.05, 4.69) is 0 Å². The molecular formula is C19H25ClN2O6. The van der Waals surface area contributed by atoms with Crippen molar-refractivity contribution in [3.05, 3.63) is 22.7 Å². The van der Waals surface area contributed by atoms with Gasteiger partial charge in [0.25, 0.3) is 5.91 Å². The van der Waals surface area contributed by atoms with Crippen molar-refractivity contribution in [1.29, 1.82) is 0 Å². The molecule has 0 saturated carbocycles. The summed E-state index contributed by atoms with van der Waals surface area (Å²) in [5.41, 5.74) is 5.43. The number of benzene rings is 1. The molecule has 28 heavy (non-hydrogen) atoms. The summed E-state index contributed by atoms with van der Waals surface area (Å²) in [5, 5.41) is 0.208. The van der Waals surface area contributed by atoms with Crippen molar-refractivity contribution in [1.82, 2.24) is 4.90 Å². The quantitative estimate of drug-likeness (QED) is 0.686. The minimum atomic E-state index is -0.698. The first-order valence-corrected chi connectivity index (χ1v) is 9.39. The third-order valence-corrected chi connectivity index (χ3v) is 4.68. The van der Waals surface area contributed by atoms with Crippen molar-refractivity contribution in [2.24, 2.45) is 11.7 Å². The molecule has 1 aromatic rings. The predicted molar refractivity (Wildman–Crippen MR) is 103 cm³/mol. The molecule has 1 aromatic carbocycles. The molecule has 1 saturated heterocycles. The Labute approximate surface area is 168 Å². The Morgan fingerprint density at radius 1 is 1.25 bits per heavy atom. The van der Waals surface area contributed by atoms with Crippen LogP contribution in [-0.2, 0) is 14.3 Å². The first-order chi connectivity index (χ1) is 13.2. The van der Waals surface area contributed by atoms with Crippen LogP contribution in [0.3, 0.4) is 0 Å². The number of hydrogen-bond acceptors (Lipinski definition) is 6. The van der Waals surface area contributed by atoms with Crippen molar-refractivity contribution in [3.63, 3.8) is 0 Å². The van der Waals surface area contributed by atoms with Crippen LogP contribution < -0.4 is 15.2 Å². The van der Waals surface area contributed by atoms with Gasteiger partial charge in [0.15, 0.2) is 18.1 Å². The molecule has 0 aliphatic carbocycles. The highest BCUT2D eigenvalue weighted by atomic mass is 35.5. The van der Waals surface area contributed by atoms with Crippen molar-refractivity contribution in [2.45, 2.75) is 32.8 Å². The normalized spacial score (nSPS) is 14.7. The Bertz CT molecular complexity index is 744. The topological polar surface area (TPSA) is 108 Å². The molecule has 1 aliphatic rings. The van der Waals surface area contributed by atoms with Gasteiger partial charge in [-0.3, -0.25) is 9.59 Å². The third kappa shape index (κ3) is 5.51. The van der Waals surface area contributed by atoms with Crippen molar-refractivity contribution in [3.8, 4) is 11.5 Å². The summed E-state index contributed by atoms with van der Waals surface area (Å²) in [6.07, 6.45) is 0.902. The summed E-state index contributed by atoms with van der Waals surface area (Å²) >= 11 is 6.20. The number of piperidine rings is 1. The number of nitrogens with two attached hydrogens (primary N) is 1. The van der Waals surface area contributed by atoms with Crippen LogP contribution in [0, 0.1) is 5.92 Å². The van der Waals surface area contributed by atoms with Crippen LogP contribution in [0.1, 0.15) is 37.0 Å². The van der Waals surface area contributed by atoms with E-state index in [0.717, 1.165) is 0 Å². The molecule has 8 nitrogen and oxygen atoms in total. The number of halogens is 1. The van der Waals surface area contributed by atoms with E-state index in [9.17, 15) is 14.4 Å². The second-order valence-corrected chi connectivity index (χ2v) is 7.20. The molecule has 9 heteroatoms. The number of ether oxygens (including phenoxy) is 3. The number of esters is 1. The van der Waals surface area contributed by atoms with Crippen LogP contribution in [0.4, 0.5) is 0 Å². The van der Waals surface area contributed by atoms with Crippen LogP contribution in [0.15, 0.2) is 12.1 Å². The molecule has 1 fully saturated rings. The Morgan fingerprint density at radius 3 is 2.43 bits per heavy atom. The van der Waals surface area contributed by atoms with Gasteiger partial charge in [-0.15, -0.1) is 0 Å². The molecule has 0 bridgehead atoms. The number of amides is 2. The molecule has 0 unspecified atom stereocenters. The van der Waals surface area contributed by atoms with E-state index in [4.69, 9.17) is 31.5 Å². The van der Waals surface area contributed by atoms with Gasteiger partial charge in [-0.1, -0.05) is 11.6 Å². The summed E-state index contributed by atoms with van der Waals surface area (Å²) < 4.78 is 16.0. The second kappa shape index (κ2) is 9.64. The fraction of sp³-hybridized carbons (Fsp3) is 0.526. The van der Waals surface area contributed by atoms with Crippen molar-refractivity contribution < 1.29 is 28.6 Å². The van der Waals surface area contributed by atoms with Gasteiger partial charge in [-0.25, -0.2) is 4.79 Å². The molecule has 2 amide bonds. The third-order valence-electron chi connectivity index (χ3n) is 4.40. The molecule has 2 N–H and O–H groups in total. The van der Waals surface area contributed by atoms with E-state index in [1.54, 1.807) is 4.90 Å². The minimum absolute atomic E-state index is 0.125. The van der Waals surface area contributed by atoms with E-state index >= 15 is 0 Å². The standard InChI is InChI=1S/C19H25ClN2O6/c1-11(2)28-17-14(20)8-13(9-15(17)26-3)19(25)27-10-16(23)22-6-4-12(5-7-22)18(21)24/h8-9,11-12H,4-7,10H2,1-3H3,(H2,21,24). The largest absolute Gasteiger partial charge is 0.493 e. The highest BCUT2D eigenvalue weighted by molar-refractivity contribution is 6.32. The maximum Gasteiger partial charge on any atom is 0.338 e. The lowest BCUT2D eigenvalue weighted by Crippen LogP contribution is -2.43. The molecule has 0 atom stereocenters. The zero-order chi connectivity index (χ0) is 20.8. The number of nitrogens with zero attached hydrogens (tertiary/aromatic N) is 1. The van der Waals surface area contributed by atoms with Crippen molar-refractivity contribution >= 4 is 29.4 Å². The maximum absolute atomic E-state index is 12.3. The smallest absolute Gasteiger partial charge is 0.338 e. The van der Waals surface area contributed by atoms with Gasteiger partial charge >= 0.3 is 5.97 Å². The fourth-order valence-corrected chi connectivity index (χ4v) is 3.16. The Kier molecular flexibility index (Phi) is 7.51. The number of hydrogen-bond donors (Lipinski definition) is 1. The number of primary amides is 1. The summed E-state index contributed by atoms with van der Waals surface area (Å²) in [7, 11) is 1.44. The summed E-state index contributed by atoms with van der Waals surface area (Å²) in [6.45, 7) is 4.10. The number of carbonyl (C=O) groups is 3. The molecule has 0 aromatic heterocycles. The lowest BCUT2D eigenvalue weighted by atomic mass is 9.96. The lowest BCUT2D eigenvalue weighted by Gasteiger charge is -2.30. The number of rotatable bonds is 7. The van der Waals surface area contributed by atoms with Gasteiger partial charge in [-0.2, -0.15) is 0 Å². The zero-order valence-electron chi connectivity index (χ0n) is 16.2. The van der Waals surface area contributed by atoms with Crippen LogP contribution in [0.25, 0.3) is 0 Å². The molecular weight excluding hydrogens is 388 g/mol. The minimum Gasteiger partial charge on any atom is -0.493 e. The van der Waals surface area contributed by atoms with E-state index in [1.165, 1.54) is 19.2 Å². The van der Waals surface area contributed by atoms with Crippen LogP contribution in [0.2, 0.25) is 5.02 Å². The van der Waals surface area contributed by atoms with Gasteiger partial charge in [-0.05, 0) is 38.8 Å². The van der Waals surface area contributed by atoms with Crippen molar-refractivity contribution in [2.75, 3.05) is 26.8 Å². The molecule has 0 radical (unpaired) electrons. The van der Waals surface area contributed by atoms with Gasteiger partial charge < -0.3 is 24.8 Å². The Balaban J connectivity index is 1.97. The Hall–Kier alpha value is -2.48. The van der Waals surface area contributed by atoms with E-state index in [1.807, 2.05) is 13.8 Å². The molecule has 154 valence electrons. The SMILES string of the molecule is COc1cc(C(=O)OCC(=O)N2CCC(C(N)=O)CC2)cc(Cl)c1OC(C)C. The average molecular weight is 413 g/mol. The molecule has 2 rings (SSSR count). The molecule has 0 spiro atoms. The monoisotopic (exact) mass is 412 g/mol. The number of carbonyl (C=O) groups excluding carboxylic acids is 3. The van der Waals surface area contributed by atoms with Crippen LogP contribution in [-0.4, -0.2) is 55.6 Å². The van der Waals surface area contributed by atoms with Crippen LogP contribution >= 0.6 is 11.6 Å². The highest BCUT2D eigenvalue weighted by Crippen LogP contribution is 2.37. The van der Waals surface area contributed by atoms with E-state index in [0.29, 0.717) is 37.4 Å². The molecule has 1 aliphatic heterocycles. The average Bonchev–Trinajstić information content (AvgIpc) is 2.66. The van der Waals surface area contributed by atoms with Gasteiger partial charge in [0.05, 0.1) is 23.8 Å². The second-order valence-electron chi connectivity index (χ2n) is 6.79. The Morgan fingerprint density at radius 2 is 1.89 bits per heavy atom. The first-order valence-electron chi connectivity index (χ1n) is 9.01. The van der Waals surface area contributed by atoms with E-state index in [-0.39, 0.29) is 34.4 Å². The number of likely N-dealkylation sites (tertiary alicyclic amines) is 1.